The Kier molecular flexibility index (Phi) is 3.23. The van der Waals surface area contributed by atoms with Gasteiger partial charge >= 0.3 is 0 Å². The number of hydrogen-bond acceptors (Lipinski definition) is 3. The van der Waals surface area contributed by atoms with Gasteiger partial charge in [-0.05, 0) is 24.6 Å². The summed E-state index contributed by atoms with van der Waals surface area (Å²) < 4.78 is 5.55. The van der Waals surface area contributed by atoms with E-state index in [2.05, 4.69) is 5.32 Å². The fourth-order valence-corrected chi connectivity index (χ4v) is 1.81. The first-order valence-electron chi connectivity index (χ1n) is 5.86. The van der Waals surface area contributed by atoms with Crippen LogP contribution in [0.1, 0.15) is 23.7 Å². The van der Waals surface area contributed by atoms with Crippen LogP contribution >= 0.6 is 0 Å². The highest BCUT2D eigenvalue weighted by Crippen LogP contribution is 2.31. The molecule has 0 fully saturated rings. The van der Waals surface area contributed by atoms with Crippen LogP contribution in [-0.4, -0.2) is 36.9 Å². The topological polar surface area (TPSA) is 58.6 Å². The zero-order valence-corrected chi connectivity index (χ0v) is 10.7. The fraction of sp³-hybridized carbons (Fsp3) is 0.385. The van der Waals surface area contributed by atoms with Crippen molar-refractivity contribution >= 4 is 17.5 Å². The molecule has 1 atom stereocenters. The molecule has 1 aliphatic heterocycles. The minimum atomic E-state index is -0.451. The monoisotopic (exact) mass is 248 g/mol. The smallest absolute Gasteiger partial charge is 0.265 e. The highest BCUT2D eigenvalue weighted by atomic mass is 16.5. The lowest BCUT2D eigenvalue weighted by molar-refractivity contribution is -0.123. The van der Waals surface area contributed by atoms with E-state index in [4.69, 9.17) is 4.74 Å². The first-order valence-corrected chi connectivity index (χ1v) is 5.86. The number of hydrogen-bond donors (Lipinski definition) is 1. The second-order valence-electron chi connectivity index (χ2n) is 4.41. The molecule has 0 spiro atoms. The number of benzene rings is 1. The maximum atomic E-state index is 11.8. The minimum Gasteiger partial charge on any atom is -0.478 e. The Labute approximate surface area is 106 Å². The van der Waals surface area contributed by atoms with Crippen molar-refractivity contribution in [3.8, 4) is 5.75 Å². The van der Waals surface area contributed by atoms with Crippen LogP contribution in [0.25, 0.3) is 0 Å². The van der Waals surface area contributed by atoms with Gasteiger partial charge < -0.3 is 15.0 Å². The van der Waals surface area contributed by atoms with Crippen LogP contribution < -0.4 is 10.1 Å². The largest absolute Gasteiger partial charge is 0.478 e. The van der Waals surface area contributed by atoms with Crippen LogP contribution in [0.2, 0.25) is 0 Å². The average molecular weight is 248 g/mol. The van der Waals surface area contributed by atoms with E-state index in [1.165, 1.54) is 4.90 Å². The van der Waals surface area contributed by atoms with Gasteiger partial charge in [-0.1, -0.05) is 6.92 Å². The SMILES string of the molecule is CCC1Oc2ccc(C(=O)N(C)C)cc2NC1=O. The Hall–Kier alpha value is -2.04. The van der Waals surface area contributed by atoms with Gasteiger partial charge in [-0.25, -0.2) is 0 Å². The molecule has 0 saturated carbocycles. The third kappa shape index (κ3) is 2.16. The van der Waals surface area contributed by atoms with Gasteiger partial charge in [0.25, 0.3) is 11.8 Å². The van der Waals surface area contributed by atoms with E-state index >= 15 is 0 Å². The second-order valence-corrected chi connectivity index (χ2v) is 4.41. The molecule has 1 aromatic rings. The molecule has 1 aromatic carbocycles. The Balaban J connectivity index is 2.32. The lowest BCUT2D eigenvalue weighted by Crippen LogP contribution is -2.36. The van der Waals surface area contributed by atoms with E-state index in [9.17, 15) is 9.59 Å². The summed E-state index contributed by atoms with van der Waals surface area (Å²) in [6.07, 6.45) is 0.164. The lowest BCUT2D eigenvalue weighted by atomic mass is 10.1. The summed E-state index contributed by atoms with van der Waals surface area (Å²) >= 11 is 0. The number of carbonyl (C=O) groups is 2. The molecule has 1 unspecified atom stereocenters. The molecule has 1 heterocycles. The quantitative estimate of drug-likeness (QED) is 0.862. The standard InChI is InChI=1S/C13H16N2O3/c1-4-10-12(16)14-9-7-8(13(17)15(2)3)5-6-11(9)18-10/h5-7,10H,4H2,1-3H3,(H,14,16). The van der Waals surface area contributed by atoms with Gasteiger partial charge in [0.05, 0.1) is 5.69 Å². The summed E-state index contributed by atoms with van der Waals surface area (Å²) in [5.74, 6) is 0.334. The van der Waals surface area contributed by atoms with Crippen molar-refractivity contribution in [1.29, 1.82) is 0 Å². The van der Waals surface area contributed by atoms with E-state index in [0.29, 0.717) is 23.4 Å². The van der Waals surface area contributed by atoms with Crippen LogP contribution in [0.15, 0.2) is 18.2 Å². The Morgan fingerprint density at radius 2 is 2.17 bits per heavy atom. The Morgan fingerprint density at radius 3 is 2.78 bits per heavy atom. The molecule has 5 heteroatoms. The van der Waals surface area contributed by atoms with Crippen molar-refractivity contribution in [2.24, 2.45) is 0 Å². The highest BCUT2D eigenvalue weighted by molar-refractivity contribution is 6.00. The third-order valence-electron chi connectivity index (χ3n) is 2.82. The van der Waals surface area contributed by atoms with E-state index < -0.39 is 6.10 Å². The van der Waals surface area contributed by atoms with Crippen molar-refractivity contribution < 1.29 is 14.3 Å². The number of nitrogens with zero attached hydrogens (tertiary/aromatic N) is 1. The zero-order valence-electron chi connectivity index (χ0n) is 10.7. The van der Waals surface area contributed by atoms with Crippen molar-refractivity contribution in [3.63, 3.8) is 0 Å². The van der Waals surface area contributed by atoms with Gasteiger partial charge in [0, 0.05) is 19.7 Å². The van der Waals surface area contributed by atoms with Crippen LogP contribution in [-0.2, 0) is 4.79 Å². The van der Waals surface area contributed by atoms with E-state index in [0.717, 1.165) is 0 Å². The van der Waals surface area contributed by atoms with Crippen LogP contribution in [0.4, 0.5) is 5.69 Å². The number of amides is 2. The molecule has 0 aromatic heterocycles. The van der Waals surface area contributed by atoms with Crippen LogP contribution in [0.3, 0.4) is 0 Å². The number of nitrogens with one attached hydrogen (secondary N) is 1. The molecule has 0 radical (unpaired) electrons. The second kappa shape index (κ2) is 4.68. The molecule has 2 amide bonds. The van der Waals surface area contributed by atoms with Crippen LogP contribution in [0.5, 0.6) is 5.75 Å². The highest BCUT2D eigenvalue weighted by Gasteiger charge is 2.26. The molecule has 2 rings (SSSR count). The average Bonchev–Trinajstić information content (AvgIpc) is 2.36. The van der Waals surface area contributed by atoms with Crippen LogP contribution in [0, 0.1) is 0 Å². The molecule has 18 heavy (non-hydrogen) atoms. The fourth-order valence-electron chi connectivity index (χ4n) is 1.81. The van der Waals surface area contributed by atoms with Gasteiger partial charge in [-0.2, -0.15) is 0 Å². The molecule has 0 saturated heterocycles. The molecule has 5 nitrogen and oxygen atoms in total. The zero-order chi connectivity index (χ0) is 13.3. The molecule has 0 aliphatic carbocycles. The summed E-state index contributed by atoms with van der Waals surface area (Å²) in [5, 5.41) is 2.76. The first kappa shape index (κ1) is 12.4. The van der Waals surface area contributed by atoms with Crippen molar-refractivity contribution in [2.75, 3.05) is 19.4 Å². The third-order valence-corrected chi connectivity index (χ3v) is 2.82. The van der Waals surface area contributed by atoms with Crippen molar-refractivity contribution in [3.05, 3.63) is 23.8 Å². The lowest BCUT2D eigenvalue weighted by Gasteiger charge is -2.25. The summed E-state index contributed by atoms with van der Waals surface area (Å²) in [7, 11) is 3.37. The molecule has 0 bridgehead atoms. The molecular weight excluding hydrogens is 232 g/mol. The number of anilines is 1. The van der Waals surface area contributed by atoms with E-state index in [1.54, 1.807) is 32.3 Å². The Bertz CT molecular complexity index is 497. The van der Waals surface area contributed by atoms with Crippen molar-refractivity contribution in [2.45, 2.75) is 19.4 Å². The van der Waals surface area contributed by atoms with Gasteiger partial charge in [-0.3, -0.25) is 9.59 Å². The number of fused-ring (bicyclic) bond motifs is 1. The van der Waals surface area contributed by atoms with Gasteiger partial charge in [0.15, 0.2) is 6.10 Å². The Morgan fingerprint density at radius 1 is 1.44 bits per heavy atom. The summed E-state index contributed by atoms with van der Waals surface area (Å²) in [6.45, 7) is 1.89. The van der Waals surface area contributed by atoms with Gasteiger partial charge in [0.1, 0.15) is 5.75 Å². The summed E-state index contributed by atoms with van der Waals surface area (Å²) in [4.78, 5) is 25.0. The van der Waals surface area contributed by atoms with E-state index in [-0.39, 0.29) is 11.8 Å². The van der Waals surface area contributed by atoms with Crippen molar-refractivity contribution in [1.82, 2.24) is 4.90 Å². The number of ether oxygens (including phenoxy) is 1. The predicted octanol–water partition coefficient (Wildman–Crippen LogP) is 1.50. The predicted molar refractivity (Wildman–Crippen MR) is 67.8 cm³/mol. The molecule has 1 N–H and O–H groups in total. The minimum absolute atomic E-state index is 0.107. The first-order chi connectivity index (χ1) is 8.52. The maximum absolute atomic E-state index is 11.8. The number of carbonyl (C=O) groups excluding carboxylic acids is 2. The number of rotatable bonds is 2. The molecular formula is C13H16N2O3. The molecule has 96 valence electrons. The van der Waals surface area contributed by atoms with Gasteiger partial charge in [-0.15, -0.1) is 0 Å². The maximum Gasteiger partial charge on any atom is 0.265 e. The summed E-state index contributed by atoms with van der Waals surface area (Å²) in [6, 6.07) is 5.06. The van der Waals surface area contributed by atoms with Gasteiger partial charge in [0.2, 0.25) is 0 Å². The normalized spacial score (nSPS) is 17.5. The summed E-state index contributed by atoms with van der Waals surface area (Å²) in [5.41, 5.74) is 1.08. The van der Waals surface area contributed by atoms with E-state index in [1.807, 2.05) is 6.92 Å². The molecule has 1 aliphatic rings.